The molecule has 62 heavy (non-hydrogen) atoms. The molecule has 0 aliphatic carbocycles. The first-order chi connectivity index (χ1) is 27.5. The van der Waals surface area contributed by atoms with Crippen molar-refractivity contribution < 1.29 is 197 Å². The van der Waals surface area contributed by atoms with Gasteiger partial charge in [-0.05, 0) is 55.5 Å². The molecule has 0 aromatic heterocycles. The van der Waals surface area contributed by atoms with Crippen LogP contribution in [0.4, 0.5) is 0 Å². The van der Waals surface area contributed by atoms with Crippen LogP contribution in [0.5, 0.6) is 23.0 Å². The van der Waals surface area contributed by atoms with Crippen molar-refractivity contribution in [2.45, 2.75) is 6.92 Å². The quantitative estimate of drug-likeness (QED) is 0.0862. The van der Waals surface area contributed by atoms with Crippen molar-refractivity contribution >= 4 is 36.3 Å². The minimum Gasteiger partial charge on any atom is 1.00 e. The SMILES string of the molecule is CC(=O)[O-].COc1ccccc1.COc1ccccc1.COc1ccccc1.COc1ccccc1.CS(=O)(=O)O.CS(=O)(=O)[O-].CS(=O)(=O)[O-].[C-]#[O+].[C-]#[O+].[C-]#[O+].[C-]#[O+].[K+].[Na+].[Na+]. The van der Waals surface area contributed by atoms with Gasteiger partial charge in [-0.1, -0.05) is 72.8 Å². The van der Waals surface area contributed by atoms with Crippen LogP contribution in [-0.2, 0) is 53.8 Å². The van der Waals surface area contributed by atoms with Crippen LogP contribution in [0.1, 0.15) is 6.92 Å². The average molecular weight is 975 g/mol. The molecule has 1 N–H and O–H groups in total. The largest absolute Gasteiger partial charge is 1.00 e. The van der Waals surface area contributed by atoms with E-state index < -0.39 is 36.3 Å². The van der Waals surface area contributed by atoms with E-state index in [1.165, 1.54) is 0 Å². The van der Waals surface area contributed by atoms with E-state index in [4.69, 9.17) is 78.0 Å². The number of carboxylic acid groups (broad SMARTS) is 1. The number of benzene rings is 4. The molecule has 0 amide bonds. The van der Waals surface area contributed by atoms with Crippen LogP contribution in [0, 0.1) is 26.6 Å². The molecule has 25 heteroatoms. The molecule has 0 saturated heterocycles. The first-order valence-electron chi connectivity index (χ1n) is 14.6. The second-order valence-electron chi connectivity index (χ2n) is 8.70. The molecule has 0 fully saturated rings. The standard InChI is InChI=1S/4C7H8O.C2H4O2.3CH4O3S.4CO.K.2Na/c4*1-8-7-5-3-2-4-6-7;1-2(3)4;3*1-5(2,3)4;4*1-2;;;/h4*2-6H,1H3;1H3,(H,3,4);3*1H3,(H,2,3,4);;;;;;;/q;;;;;;;;;;;;3*+1/p-3. The van der Waals surface area contributed by atoms with Gasteiger partial charge in [0, 0.05) is 18.5 Å². The third-order valence-corrected chi connectivity index (χ3v) is 3.92. The minimum absolute atomic E-state index is 0. The Labute approximate surface area is 452 Å². The van der Waals surface area contributed by atoms with E-state index >= 15 is 0 Å². The molecule has 0 spiro atoms. The number of carbonyl (C=O) groups excluding carboxylic acids is 1. The maximum absolute atomic E-state index is 9.19. The summed E-state index contributed by atoms with van der Waals surface area (Å²) in [5.74, 6) is 2.56. The van der Waals surface area contributed by atoms with Crippen molar-refractivity contribution in [3.63, 3.8) is 0 Å². The molecule has 0 unspecified atom stereocenters. The summed E-state index contributed by atoms with van der Waals surface area (Å²) in [7, 11) is -4.85. The zero-order chi connectivity index (χ0) is 48.4. The third-order valence-electron chi connectivity index (χ3n) is 3.92. The molecule has 0 bridgehead atoms. The predicted octanol–water partition coefficient (Wildman–Crippen LogP) is -5.77. The summed E-state index contributed by atoms with van der Waals surface area (Å²) in [6.45, 7) is 19.0. The topological polar surface area (TPSA) is 325 Å². The number of carbonyl (C=O) groups is 1. The second kappa shape index (κ2) is 65.5. The Morgan fingerprint density at radius 1 is 0.468 bits per heavy atom. The van der Waals surface area contributed by atoms with Gasteiger partial charge in [-0.2, -0.15) is 8.42 Å². The van der Waals surface area contributed by atoms with Crippen LogP contribution in [0.25, 0.3) is 0 Å². The molecular weight excluding hydrogens is 930 g/mol. The first kappa shape index (κ1) is 86.9. The van der Waals surface area contributed by atoms with E-state index in [1.807, 2.05) is 121 Å². The smallest absolute Gasteiger partial charge is 1.00 e. The predicted molar refractivity (Wildman–Crippen MR) is 207 cm³/mol. The summed E-state index contributed by atoms with van der Waals surface area (Å²) in [5.41, 5.74) is 0. The minimum atomic E-state index is -3.92. The Hall–Kier alpha value is -2.12. The van der Waals surface area contributed by atoms with Gasteiger partial charge in [0.05, 0.1) is 54.9 Å². The number of rotatable bonds is 4. The number of ether oxygens (including phenoxy) is 4. The Balaban J connectivity index is -0.0000000522. The van der Waals surface area contributed by atoms with E-state index in [0.717, 1.165) is 29.9 Å². The fraction of sp³-hybridized carbons (Fsp3) is 0.216. The van der Waals surface area contributed by atoms with Crippen molar-refractivity contribution in [1.82, 2.24) is 0 Å². The van der Waals surface area contributed by atoms with Gasteiger partial charge < -0.3 is 38.0 Å². The molecular formula is C37H45KNa2O19S3. The fourth-order valence-corrected chi connectivity index (χ4v) is 2.23. The molecule has 328 valence electrons. The fourth-order valence-electron chi connectivity index (χ4n) is 2.23. The maximum atomic E-state index is 9.19. The van der Waals surface area contributed by atoms with Crippen LogP contribution in [0.2, 0.25) is 0 Å². The van der Waals surface area contributed by atoms with E-state index in [9.17, 15) is 8.42 Å². The van der Waals surface area contributed by atoms with Gasteiger partial charge in [0.2, 0.25) is 0 Å². The summed E-state index contributed by atoms with van der Waals surface area (Å²) in [6, 6.07) is 38.7. The summed E-state index contributed by atoms with van der Waals surface area (Å²) in [5, 5.41) is 8.89. The van der Waals surface area contributed by atoms with Gasteiger partial charge in [-0.15, -0.1) is 0 Å². The number of aliphatic carboxylic acids is 1. The molecule has 4 aromatic rings. The summed E-state index contributed by atoms with van der Waals surface area (Å²) in [6.07, 6.45) is 1.92. The number of para-hydroxylation sites is 4. The maximum Gasteiger partial charge on any atom is 1.00 e. The van der Waals surface area contributed by atoms with Crippen LogP contribution in [0.3, 0.4) is 0 Å². The normalized spacial score (nSPS) is 7.79. The molecule has 0 aliphatic heterocycles. The van der Waals surface area contributed by atoms with Crippen molar-refractivity contribution in [3.8, 4) is 23.0 Å². The zero-order valence-corrected chi connectivity index (χ0v) is 45.6. The number of methoxy groups -OCH3 is 4. The summed E-state index contributed by atoms with van der Waals surface area (Å²) >= 11 is 0. The summed E-state index contributed by atoms with van der Waals surface area (Å²) in [4.78, 5) is 8.89. The van der Waals surface area contributed by atoms with E-state index in [-0.39, 0.29) is 110 Å². The third kappa shape index (κ3) is 131. The Bertz CT molecular complexity index is 1620. The first-order valence-corrected chi connectivity index (χ1v) is 20.0. The van der Waals surface area contributed by atoms with E-state index in [1.54, 1.807) is 28.4 Å². The molecule has 0 radical (unpaired) electrons. The van der Waals surface area contributed by atoms with Crippen molar-refractivity contribution in [3.05, 3.63) is 148 Å². The molecule has 4 rings (SSSR count). The molecule has 0 atom stereocenters. The molecule has 0 heterocycles. The Kier molecular flexibility index (Phi) is 91.8. The zero-order valence-electron chi connectivity index (χ0n) is 36.1. The molecule has 19 nitrogen and oxygen atoms in total. The monoisotopic (exact) mass is 974 g/mol. The van der Waals surface area contributed by atoms with Gasteiger partial charge in [0.1, 0.15) is 23.0 Å². The number of carboxylic acids is 1. The van der Waals surface area contributed by atoms with Gasteiger partial charge in [0.25, 0.3) is 10.1 Å². The van der Waals surface area contributed by atoms with Gasteiger partial charge in [0.15, 0.2) is 0 Å². The van der Waals surface area contributed by atoms with Crippen molar-refractivity contribution in [2.24, 2.45) is 0 Å². The Morgan fingerprint density at radius 2 is 0.548 bits per heavy atom. The van der Waals surface area contributed by atoms with Crippen LogP contribution in [-0.4, -0.2) is 92.1 Å². The van der Waals surface area contributed by atoms with E-state index in [2.05, 4.69) is 26.6 Å². The van der Waals surface area contributed by atoms with Crippen molar-refractivity contribution in [1.29, 1.82) is 0 Å². The molecule has 0 aliphatic rings. The number of hydrogen-bond acceptors (Lipinski definition) is 14. The van der Waals surface area contributed by atoms with Crippen molar-refractivity contribution in [2.75, 3.05) is 47.2 Å². The Morgan fingerprint density at radius 3 is 0.597 bits per heavy atom. The average Bonchev–Trinajstić information content (AvgIpc) is 3.21. The van der Waals surface area contributed by atoms with Gasteiger partial charge >= 0.3 is 156 Å². The van der Waals surface area contributed by atoms with E-state index in [0.29, 0.717) is 18.8 Å². The number of hydrogen-bond donors (Lipinski definition) is 1. The van der Waals surface area contributed by atoms with Gasteiger partial charge in [-0.25, -0.2) is 16.8 Å². The molecule has 0 saturated carbocycles. The molecule has 4 aromatic carbocycles. The van der Waals surface area contributed by atoms with Gasteiger partial charge in [-0.3, -0.25) is 4.55 Å². The van der Waals surface area contributed by atoms with Crippen LogP contribution >= 0.6 is 0 Å². The van der Waals surface area contributed by atoms with Crippen LogP contribution in [0.15, 0.2) is 121 Å². The summed E-state index contributed by atoms with van der Waals surface area (Å²) < 4.78 is 130. The van der Waals surface area contributed by atoms with Crippen LogP contribution < -0.4 is 135 Å². The second-order valence-corrected chi connectivity index (χ2v) is 13.0.